The number of nitrogens with two attached hydrogens (primary N) is 1. The maximum absolute atomic E-state index is 9.23. The number of aromatic nitrogens is 2. The monoisotopic (exact) mass is 416 g/mol. The average Bonchev–Trinajstić information content (AvgIpc) is 2.96. The van der Waals surface area contributed by atoms with Gasteiger partial charge in [0.2, 0.25) is 0 Å². The second kappa shape index (κ2) is 7.32. The quantitative estimate of drug-likeness (QED) is 0.519. The second-order valence-corrected chi connectivity index (χ2v) is 16.5. The molecule has 2 unspecified atom stereocenters. The molecule has 2 atom stereocenters. The zero-order chi connectivity index (χ0) is 15.5. The van der Waals surface area contributed by atoms with Crippen molar-refractivity contribution < 1.29 is 5.11 Å². The van der Waals surface area contributed by atoms with E-state index in [2.05, 4.69) is 27.4 Å². The van der Waals surface area contributed by atoms with Gasteiger partial charge in [-0.1, -0.05) is 0 Å². The number of nitrogens with one attached hydrogen (secondary N) is 1. The Morgan fingerprint density at radius 2 is 2.14 bits per heavy atom. The van der Waals surface area contributed by atoms with Gasteiger partial charge in [0.25, 0.3) is 0 Å². The number of halogens is 1. The first-order valence-corrected chi connectivity index (χ1v) is 14.2. The van der Waals surface area contributed by atoms with Gasteiger partial charge in [0.05, 0.1) is 0 Å². The zero-order valence-corrected chi connectivity index (χ0v) is 15.7. The first kappa shape index (κ1) is 16.3. The van der Waals surface area contributed by atoms with Crippen molar-refractivity contribution in [2.75, 3.05) is 23.4 Å². The number of benzene rings is 1. The van der Waals surface area contributed by atoms with Gasteiger partial charge in [-0.05, 0) is 0 Å². The summed E-state index contributed by atoms with van der Waals surface area (Å²) in [5.74, 6) is 1.97. The number of rotatable bonds is 4. The van der Waals surface area contributed by atoms with E-state index in [-0.39, 0.29) is 11.9 Å². The summed E-state index contributed by atoms with van der Waals surface area (Å²) in [5, 5.41) is 12.9. The molecule has 0 aliphatic carbocycles. The van der Waals surface area contributed by atoms with Crippen molar-refractivity contribution in [2.45, 2.75) is 5.25 Å². The Labute approximate surface area is 144 Å². The van der Waals surface area contributed by atoms with Crippen molar-refractivity contribution >= 4 is 65.7 Å². The van der Waals surface area contributed by atoms with E-state index in [1.165, 1.54) is 4.35 Å². The van der Waals surface area contributed by atoms with Crippen molar-refractivity contribution in [1.82, 2.24) is 9.97 Å². The molecule has 2 heterocycles. The number of aliphatic hydroxyl groups is 1. The molecule has 1 aliphatic rings. The van der Waals surface area contributed by atoms with Crippen LogP contribution in [-0.4, -0.2) is 45.0 Å². The fraction of sp³-hybridized carbons (Fsp3) is 0.231. The van der Waals surface area contributed by atoms with Crippen LogP contribution in [0, 0.1) is 0 Å². The summed E-state index contributed by atoms with van der Waals surface area (Å²) < 4.78 is 1.39. The average molecular weight is 417 g/mol. The van der Waals surface area contributed by atoms with Crippen LogP contribution in [-0.2, 0) is 0 Å². The van der Waals surface area contributed by atoms with Crippen molar-refractivity contribution in [3.05, 3.63) is 35.6 Å². The molecule has 9 heteroatoms. The molecular formula is C13H14AsClN4OS2. The molecule has 3 rings (SSSR count). The van der Waals surface area contributed by atoms with Crippen molar-refractivity contribution in [2.24, 2.45) is 0 Å². The van der Waals surface area contributed by atoms with Gasteiger partial charge in [0, 0.05) is 0 Å². The van der Waals surface area contributed by atoms with Crippen LogP contribution in [0.5, 0.6) is 0 Å². The van der Waals surface area contributed by atoms with E-state index >= 15 is 0 Å². The SMILES string of the molecule is Nc1cc(Nc2ccc([As]3SCC(CO)S3)cc2)nc(Cl)n1. The molecule has 0 saturated carbocycles. The second-order valence-electron chi connectivity index (χ2n) is 4.58. The van der Waals surface area contributed by atoms with Crippen LogP contribution in [0.25, 0.3) is 0 Å². The van der Waals surface area contributed by atoms with Crippen LogP contribution in [0.15, 0.2) is 30.3 Å². The van der Waals surface area contributed by atoms with Crippen molar-refractivity contribution in [1.29, 1.82) is 0 Å². The zero-order valence-electron chi connectivity index (χ0n) is 11.4. The molecule has 0 radical (unpaired) electrons. The van der Waals surface area contributed by atoms with Gasteiger partial charge in [-0.25, -0.2) is 0 Å². The third kappa shape index (κ3) is 4.03. The Hall–Kier alpha value is -0.592. The fourth-order valence-electron chi connectivity index (χ4n) is 1.88. The number of nitrogen functional groups attached to an aromatic ring is 1. The molecule has 1 fully saturated rings. The molecule has 116 valence electrons. The Bertz CT molecular complexity index is 641. The molecule has 2 aromatic rings. The van der Waals surface area contributed by atoms with Gasteiger partial charge in [0.1, 0.15) is 0 Å². The minimum atomic E-state index is -1.13. The van der Waals surface area contributed by atoms with Crippen LogP contribution in [0.1, 0.15) is 0 Å². The van der Waals surface area contributed by atoms with Crippen molar-refractivity contribution in [3.8, 4) is 0 Å². The van der Waals surface area contributed by atoms with Crippen LogP contribution in [0.3, 0.4) is 0 Å². The van der Waals surface area contributed by atoms with E-state index in [1.807, 2.05) is 32.2 Å². The number of aliphatic hydroxyl groups excluding tert-OH is 1. The molecular weight excluding hydrogens is 403 g/mol. The predicted octanol–water partition coefficient (Wildman–Crippen LogP) is 1.99. The van der Waals surface area contributed by atoms with E-state index in [0.29, 0.717) is 16.9 Å². The van der Waals surface area contributed by atoms with E-state index in [0.717, 1.165) is 11.4 Å². The number of nitrogens with zero attached hydrogens (tertiary/aromatic N) is 2. The predicted molar refractivity (Wildman–Crippen MR) is 97.5 cm³/mol. The Morgan fingerprint density at radius 3 is 2.77 bits per heavy atom. The molecule has 0 amide bonds. The molecule has 1 aliphatic heterocycles. The molecule has 1 saturated heterocycles. The summed E-state index contributed by atoms with van der Waals surface area (Å²) in [4.78, 5) is 7.92. The van der Waals surface area contributed by atoms with Crippen LogP contribution >= 0.6 is 31.6 Å². The molecule has 4 N–H and O–H groups in total. The van der Waals surface area contributed by atoms with E-state index in [1.54, 1.807) is 6.07 Å². The molecule has 0 bridgehead atoms. The normalized spacial score (nSPS) is 21.0. The van der Waals surface area contributed by atoms with E-state index in [4.69, 9.17) is 17.3 Å². The fourth-order valence-corrected chi connectivity index (χ4v) is 17.5. The van der Waals surface area contributed by atoms with Gasteiger partial charge in [-0.15, -0.1) is 0 Å². The first-order valence-electron chi connectivity index (χ1n) is 6.52. The van der Waals surface area contributed by atoms with Crippen molar-refractivity contribution in [3.63, 3.8) is 0 Å². The summed E-state index contributed by atoms with van der Waals surface area (Å²) in [5.41, 5.74) is 6.58. The molecule has 1 aromatic carbocycles. The number of hydrogen-bond donors (Lipinski definition) is 3. The van der Waals surface area contributed by atoms with E-state index in [9.17, 15) is 5.11 Å². The summed E-state index contributed by atoms with van der Waals surface area (Å²) in [6.45, 7) is 0.276. The van der Waals surface area contributed by atoms with Gasteiger partial charge >= 0.3 is 145 Å². The molecule has 0 spiro atoms. The van der Waals surface area contributed by atoms with E-state index < -0.39 is 12.3 Å². The standard InChI is InChI=1S/C13H14AsClN4OS2/c15-13-18-11(16)5-12(19-13)17-9-3-1-8(2-4-9)14-21-7-10(6-20)22-14/h1-5,10,20H,6-7H2,(H3,16,17,18,19). The van der Waals surface area contributed by atoms with Gasteiger partial charge < -0.3 is 0 Å². The first-order chi connectivity index (χ1) is 10.6. The van der Waals surface area contributed by atoms with Gasteiger partial charge in [-0.3, -0.25) is 0 Å². The van der Waals surface area contributed by atoms with Crippen LogP contribution in [0.2, 0.25) is 5.28 Å². The topological polar surface area (TPSA) is 84.1 Å². The number of anilines is 3. The Morgan fingerprint density at radius 1 is 1.36 bits per heavy atom. The maximum atomic E-state index is 9.23. The molecule has 22 heavy (non-hydrogen) atoms. The molecule has 1 aromatic heterocycles. The van der Waals surface area contributed by atoms with Gasteiger partial charge in [-0.2, -0.15) is 0 Å². The third-order valence-corrected chi connectivity index (χ3v) is 17.0. The Balaban J connectivity index is 1.69. The van der Waals surface area contributed by atoms with Gasteiger partial charge in [0.15, 0.2) is 0 Å². The molecule has 5 nitrogen and oxygen atoms in total. The van der Waals surface area contributed by atoms with Crippen LogP contribution < -0.4 is 15.4 Å². The minimum absolute atomic E-state index is 0.126. The Kier molecular flexibility index (Phi) is 5.41. The van der Waals surface area contributed by atoms with Crippen LogP contribution in [0.4, 0.5) is 17.3 Å². The summed E-state index contributed by atoms with van der Waals surface area (Å²) in [6, 6.07) is 10.00. The number of hydrogen-bond acceptors (Lipinski definition) is 7. The third-order valence-electron chi connectivity index (χ3n) is 2.90. The summed E-state index contributed by atoms with van der Waals surface area (Å²) in [7, 11) is 3.98. The summed E-state index contributed by atoms with van der Waals surface area (Å²) >= 11 is 4.66. The summed E-state index contributed by atoms with van der Waals surface area (Å²) in [6.07, 6.45) is 0.